The van der Waals surface area contributed by atoms with Crippen molar-refractivity contribution in [2.24, 2.45) is 0 Å². The molecule has 0 atom stereocenters. The molecular weight excluding hydrogens is 532 g/mol. The maximum atomic E-state index is 15.6. The molecule has 5 nitrogen and oxygen atoms in total. The van der Waals surface area contributed by atoms with E-state index in [1.165, 1.54) is 19.1 Å². The second-order valence-corrected chi connectivity index (χ2v) is 10.6. The van der Waals surface area contributed by atoms with Crippen LogP contribution in [-0.4, -0.2) is 32.5 Å². The molecule has 1 aliphatic heterocycles. The van der Waals surface area contributed by atoms with Gasteiger partial charge in [-0.2, -0.15) is 13.2 Å². The molecule has 0 amide bonds. The Kier molecular flexibility index (Phi) is 8.11. The van der Waals surface area contributed by atoms with Crippen LogP contribution in [0.5, 0.6) is 11.5 Å². The summed E-state index contributed by atoms with van der Waals surface area (Å²) in [6.45, 7) is 6.78. The number of ether oxygens (including phenoxy) is 2. The summed E-state index contributed by atoms with van der Waals surface area (Å²) >= 11 is 0. The van der Waals surface area contributed by atoms with Gasteiger partial charge in [0.25, 0.3) is 0 Å². The number of rotatable bonds is 8. The number of halogens is 5. The van der Waals surface area contributed by atoms with Crippen LogP contribution in [0.1, 0.15) is 44.4 Å². The van der Waals surface area contributed by atoms with Crippen LogP contribution in [0.25, 0.3) is 0 Å². The molecule has 1 heterocycles. The number of hydrogen-bond acceptors (Lipinski definition) is 5. The Morgan fingerprint density at radius 1 is 0.750 bits per heavy atom. The van der Waals surface area contributed by atoms with Crippen LogP contribution >= 0.6 is 0 Å². The minimum Gasteiger partial charge on any atom is -0.497 e. The van der Waals surface area contributed by atoms with Gasteiger partial charge in [-0.05, 0) is 74.6 Å². The average Bonchev–Trinajstić information content (AvgIpc) is 3.11. The summed E-state index contributed by atoms with van der Waals surface area (Å²) in [6.07, 6.45) is -5.20. The largest absolute Gasteiger partial charge is 0.497 e. The topological polar surface area (TPSA) is 40.2 Å². The van der Waals surface area contributed by atoms with E-state index < -0.39 is 47.2 Å². The van der Waals surface area contributed by atoms with Gasteiger partial charge in [0.15, 0.2) is 11.6 Å². The van der Waals surface area contributed by atoms with Gasteiger partial charge in [0.1, 0.15) is 11.5 Å². The molecule has 0 bridgehead atoms. The van der Waals surface area contributed by atoms with Crippen molar-refractivity contribution in [1.82, 2.24) is 0 Å². The molecule has 214 valence electrons. The van der Waals surface area contributed by atoms with Gasteiger partial charge in [0.05, 0.1) is 36.7 Å². The molecule has 0 unspecified atom stereocenters. The Bertz CT molecular complexity index is 1280. The zero-order valence-electron chi connectivity index (χ0n) is 23.2. The Morgan fingerprint density at radius 3 is 1.55 bits per heavy atom. The fraction of sp³-hybridized carbons (Fsp3) is 0.379. The lowest BCUT2D eigenvalue weighted by molar-refractivity contribution is -0.139. The highest BCUT2D eigenvalue weighted by Crippen LogP contribution is 2.40. The molecule has 0 aromatic heterocycles. The minimum atomic E-state index is -5.20. The first-order chi connectivity index (χ1) is 18.7. The Labute approximate surface area is 230 Å². The Hall–Kier alpha value is -3.31. The third-order valence-corrected chi connectivity index (χ3v) is 7.41. The molecule has 40 heavy (non-hydrogen) atoms. The van der Waals surface area contributed by atoms with Gasteiger partial charge in [-0.1, -0.05) is 24.3 Å². The predicted octanol–water partition coefficient (Wildman–Crippen LogP) is 6.51. The van der Waals surface area contributed by atoms with E-state index in [0.717, 1.165) is 6.07 Å². The van der Waals surface area contributed by atoms with Crippen LogP contribution in [0.2, 0.25) is 0 Å². The summed E-state index contributed by atoms with van der Waals surface area (Å²) in [7, 11) is 1.46. The van der Waals surface area contributed by atoms with E-state index >= 15 is 8.78 Å². The molecular formula is C29H31BF5NO4. The van der Waals surface area contributed by atoms with Crippen molar-refractivity contribution >= 4 is 18.3 Å². The monoisotopic (exact) mass is 563 g/mol. The smallest absolute Gasteiger partial charge is 0.495 e. The van der Waals surface area contributed by atoms with Crippen molar-refractivity contribution in [1.29, 1.82) is 0 Å². The normalized spacial score (nSPS) is 16.2. The molecule has 0 aliphatic carbocycles. The zero-order chi connectivity index (χ0) is 29.5. The first-order valence-electron chi connectivity index (χ1n) is 12.6. The number of hydrogen-bond donors (Lipinski definition) is 0. The van der Waals surface area contributed by atoms with Gasteiger partial charge in [-0.3, -0.25) is 0 Å². The van der Waals surface area contributed by atoms with E-state index in [2.05, 4.69) is 0 Å². The number of methoxy groups -OCH3 is 2. The highest BCUT2D eigenvalue weighted by Gasteiger charge is 2.55. The Balaban J connectivity index is 1.85. The number of nitrogens with zero attached hydrogens (tertiary/aromatic N) is 1. The Morgan fingerprint density at radius 2 is 1.18 bits per heavy atom. The molecule has 3 aromatic carbocycles. The SMILES string of the molecule is COc1ccc(CN(Cc2ccc(OC)cc2)c2cc(B3OC(C)(C)C(C)(C)O3)c(C(F)(F)F)c(F)c2F)cc1. The van der Waals surface area contributed by atoms with Crippen molar-refractivity contribution in [3.63, 3.8) is 0 Å². The van der Waals surface area contributed by atoms with E-state index in [1.54, 1.807) is 76.2 Å². The van der Waals surface area contributed by atoms with Crippen LogP contribution in [0.4, 0.5) is 27.6 Å². The summed E-state index contributed by atoms with van der Waals surface area (Å²) in [6, 6.07) is 14.8. The number of alkyl halides is 3. The van der Waals surface area contributed by atoms with Crippen molar-refractivity contribution in [3.05, 3.63) is 82.9 Å². The second-order valence-electron chi connectivity index (χ2n) is 10.6. The standard InChI is InChI=1S/C29H31BF5NO4/c1-27(2)28(3,4)40-30(39-27)22-15-23(25(31)26(32)24(22)29(33,34)35)36(16-18-7-11-20(37-5)12-8-18)17-19-9-13-21(38-6)14-10-19/h7-15H,16-17H2,1-6H3. The molecule has 0 spiro atoms. The molecule has 3 aromatic rings. The highest BCUT2D eigenvalue weighted by atomic mass is 19.4. The lowest BCUT2D eigenvalue weighted by Crippen LogP contribution is -2.41. The average molecular weight is 563 g/mol. The summed E-state index contributed by atoms with van der Waals surface area (Å²) < 4.78 is 95.5. The van der Waals surface area contributed by atoms with Crippen LogP contribution in [0.15, 0.2) is 54.6 Å². The highest BCUT2D eigenvalue weighted by molar-refractivity contribution is 6.62. The molecule has 4 rings (SSSR count). The molecule has 0 radical (unpaired) electrons. The predicted molar refractivity (Wildman–Crippen MR) is 143 cm³/mol. The first kappa shape index (κ1) is 29.7. The van der Waals surface area contributed by atoms with E-state index in [4.69, 9.17) is 18.8 Å². The number of anilines is 1. The van der Waals surface area contributed by atoms with Crippen LogP contribution < -0.4 is 19.8 Å². The van der Waals surface area contributed by atoms with Crippen molar-refractivity contribution in [3.8, 4) is 11.5 Å². The lowest BCUT2D eigenvalue weighted by atomic mass is 9.75. The molecule has 1 aliphatic rings. The quantitative estimate of drug-likeness (QED) is 0.231. The van der Waals surface area contributed by atoms with Gasteiger partial charge >= 0.3 is 13.3 Å². The number of benzene rings is 3. The molecule has 11 heteroatoms. The van der Waals surface area contributed by atoms with Crippen LogP contribution in [0, 0.1) is 11.6 Å². The van der Waals surface area contributed by atoms with E-state index in [-0.39, 0.29) is 18.8 Å². The molecule has 1 saturated heterocycles. The fourth-order valence-electron chi connectivity index (χ4n) is 4.43. The van der Waals surface area contributed by atoms with Gasteiger partial charge in [0, 0.05) is 13.1 Å². The van der Waals surface area contributed by atoms with E-state index in [9.17, 15) is 13.2 Å². The van der Waals surface area contributed by atoms with Gasteiger partial charge in [0.2, 0.25) is 0 Å². The van der Waals surface area contributed by atoms with Crippen LogP contribution in [0.3, 0.4) is 0 Å². The first-order valence-corrected chi connectivity index (χ1v) is 12.6. The molecule has 1 fully saturated rings. The lowest BCUT2D eigenvalue weighted by Gasteiger charge is -2.32. The maximum Gasteiger partial charge on any atom is 0.495 e. The van der Waals surface area contributed by atoms with Crippen molar-refractivity contribution < 1.29 is 40.7 Å². The van der Waals surface area contributed by atoms with Gasteiger partial charge < -0.3 is 23.7 Å². The van der Waals surface area contributed by atoms with Gasteiger partial charge in [-0.15, -0.1) is 0 Å². The molecule has 0 N–H and O–H groups in total. The van der Waals surface area contributed by atoms with Crippen molar-refractivity contribution in [2.45, 2.75) is 58.2 Å². The summed E-state index contributed by atoms with van der Waals surface area (Å²) in [4.78, 5) is 1.47. The second kappa shape index (κ2) is 10.9. The zero-order valence-corrected chi connectivity index (χ0v) is 23.2. The summed E-state index contributed by atoms with van der Waals surface area (Å²) in [5.74, 6) is -2.43. The fourth-order valence-corrected chi connectivity index (χ4v) is 4.43. The van der Waals surface area contributed by atoms with Crippen molar-refractivity contribution in [2.75, 3.05) is 19.1 Å². The summed E-state index contributed by atoms with van der Waals surface area (Å²) in [5, 5.41) is 0. The van der Waals surface area contributed by atoms with E-state index in [1.807, 2.05) is 0 Å². The van der Waals surface area contributed by atoms with Gasteiger partial charge in [-0.25, -0.2) is 8.78 Å². The third kappa shape index (κ3) is 5.90. The molecule has 0 saturated carbocycles. The maximum absolute atomic E-state index is 15.6. The van der Waals surface area contributed by atoms with E-state index in [0.29, 0.717) is 22.6 Å². The van der Waals surface area contributed by atoms with Crippen LogP contribution in [-0.2, 0) is 28.6 Å². The third-order valence-electron chi connectivity index (χ3n) is 7.41. The summed E-state index contributed by atoms with van der Waals surface area (Å²) in [5.41, 5.74) is -3.34. The minimum absolute atomic E-state index is 0.0561.